The van der Waals surface area contributed by atoms with Crippen molar-refractivity contribution in [1.29, 1.82) is 0 Å². The lowest BCUT2D eigenvalue weighted by molar-refractivity contribution is 0.106. The topological polar surface area (TPSA) is 68.8 Å². The molecule has 3 aromatic rings. The summed E-state index contributed by atoms with van der Waals surface area (Å²) in [6.07, 6.45) is 0.317. The van der Waals surface area contributed by atoms with Crippen LogP contribution in [0.15, 0.2) is 78.9 Å². The lowest BCUT2D eigenvalue weighted by Crippen LogP contribution is -2.32. The van der Waals surface area contributed by atoms with Crippen LogP contribution in [-0.2, 0) is 6.42 Å². The van der Waals surface area contributed by atoms with E-state index < -0.39 is 6.10 Å². The van der Waals surface area contributed by atoms with E-state index in [0.29, 0.717) is 11.7 Å². The van der Waals surface area contributed by atoms with Gasteiger partial charge < -0.3 is 30.7 Å². The quantitative estimate of drug-likeness (QED) is 0.227. The minimum absolute atomic E-state index is 0. The van der Waals surface area contributed by atoms with Crippen LogP contribution in [-0.4, -0.2) is 50.1 Å². The van der Waals surface area contributed by atoms with Crippen molar-refractivity contribution in [3.8, 4) is 5.75 Å². The predicted octanol–water partition coefficient (Wildman–Crippen LogP) is 4.56. The Labute approximate surface area is 213 Å². The van der Waals surface area contributed by atoms with Crippen LogP contribution in [0.2, 0.25) is 0 Å². The number of nitrogens with one attached hydrogen (secondary N) is 3. The zero-order valence-corrected chi connectivity index (χ0v) is 21.2. The van der Waals surface area contributed by atoms with Gasteiger partial charge in [0.2, 0.25) is 0 Å². The molecule has 3 aromatic carbocycles. The molecular formula is C26H33ClN4O2S. The molecule has 0 unspecified atom stereocenters. The highest BCUT2D eigenvalue weighted by molar-refractivity contribution is 7.80. The van der Waals surface area contributed by atoms with E-state index >= 15 is 0 Å². The van der Waals surface area contributed by atoms with Gasteiger partial charge in [0.1, 0.15) is 18.5 Å². The molecule has 8 heteroatoms. The summed E-state index contributed by atoms with van der Waals surface area (Å²) in [5.74, 6) is 0.766. The number of halogens is 1. The molecule has 182 valence electrons. The van der Waals surface area contributed by atoms with E-state index in [1.807, 2.05) is 80.8 Å². The Bertz CT molecular complexity index is 986. The second-order valence-corrected chi connectivity index (χ2v) is 8.36. The average molecular weight is 501 g/mol. The van der Waals surface area contributed by atoms with Crippen LogP contribution >= 0.6 is 24.6 Å². The first-order valence-corrected chi connectivity index (χ1v) is 11.4. The van der Waals surface area contributed by atoms with Crippen molar-refractivity contribution in [2.75, 3.05) is 49.3 Å². The van der Waals surface area contributed by atoms with Gasteiger partial charge in [0.15, 0.2) is 5.11 Å². The van der Waals surface area contributed by atoms with Crippen molar-refractivity contribution in [3.05, 3.63) is 84.4 Å². The smallest absolute Gasteiger partial charge is 0.175 e. The molecule has 0 saturated carbocycles. The van der Waals surface area contributed by atoms with Gasteiger partial charge in [-0.05, 0) is 79.3 Å². The zero-order chi connectivity index (χ0) is 23.5. The van der Waals surface area contributed by atoms with Crippen LogP contribution in [0.25, 0.3) is 0 Å². The molecule has 3 rings (SSSR count). The number of hydrogen-bond acceptors (Lipinski definition) is 5. The molecule has 34 heavy (non-hydrogen) atoms. The summed E-state index contributed by atoms with van der Waals surface area (Å²) in [5, 5.41) is 20.3. The third-order valence-corrected chi connectivity index (χ3v) is 5.21. The Kier molecular flexibility index (Phi) is 11.6. The Morgan fingerprint density at radius 1 is 0.912 bits per heavy atom. The minimum atomic E-state index is -0.552. The van der Waals surface area contributed by atoms with Crippen LogP contribution in [0, 0.1) is 0 Å². The monoisotopic (exact) mass is 500 g/mol. The highest BCUT2D eigenvalue weighted by atomic mass is 35.5. The second kappa shape index (κ2) is 14.4. The fourth-order valence-corrected chi connectivity index (χ4v) is 3.40. The normalized spacial score (nSPS) is 11.1. The minimum Gasteiger partial charge on any atom is -0.491 e. The molecule has 0 radical (unpaired) electrons. The van der Waals surface area contributed by atoms with Gasteiger partial charge in [-0.15, -0.1) is 12.4 Å². The number of ether oxygens (including phenoxy) is 1. The summed E-state index contributed by atoms with van der Waals surface area (Å²) in [5.41, 5.74) is 4.22. The molecule has 6 nitrogen and oxygen atoms in total. The molecule has 0 heterocycles. The first-order chi connectivity index (χ1) is 16.0. The zero-order valence-electron chi connectivity index (χ0n) is 19.5. The van der Waals surface area contributed by atoms with E-state index in [4.69, 9.17) is 17.0 Å². The number of thiocarbonyl (C=S) groups is 1. The summed E-state index contributed by atoms with van der Waals surface area (Å²) in [7, 11) is 4.03. The standard InChI is InChI=1S/C26H32N4O2S.ClH/c1-30(2)23-14-12-22(13-15-23)29-26(33)28-21-10-8-20(9-11-21)16-17-27-18-24(31)19-32-25-6-4-3-5-7-25;/h3-15,24,27,31H,16-19H2,1-2H3,(H2,28,29,33);1H/t24-;/m0./s1. The van der Waals surface area contributed by atoms with E-state index in [0.717, 1.165) is 35.8 Å². The highest BCUT2D eigenvalue weighted by Crippen LogP contribution is 2.16. The molecule has 0 aliphatic carbocycles. The Hall–Kier alpha value is -2.84. The van der Waals surface area contributed by atoms with Crippen molar-refractivity contribution in [2.45, 2.75) is 12.5 Å². The maximum absolute atomic E-state index is 10.1. The highest BCUT2D eigenvalue weighted by Gasteiger charge is 2.05. The molecule has 0 aliphatic rings. The number of nitrogens with zero attached hydrogens (tertiary/aromatic N) is 1. The fraction of sp³-hybridized carbons (Fsp3) is 0.269. The summed E-state index contributed by atoms with van der Waals surface area (Å²) in [6.45, 7) is 1.53. The van der Waals surface area contributed by atoms with E-state index in [1.54, 1.807) is 0 Å². The average Bonchev–Trinajstić information content (AvgIpc) is 2.82. The van der Waals surface area contributed by atoms with E-state index in [-0.39, 0.29) is 19.0 Å². The van der Waals surface area contributed by atoms with Gasteiger partial charge in [0, 0.05) is 37.7 Å². The predicted molar refractivity (Wildman–Crippen MR) is 149 cm³/mol. The number of para-hydroxylation sites is 1. The lowest BCUT2D eigenvalue weighted by atomic mass is 10.1. The molecule has 0 aromatic heterocycles. The first-order valence-electron chi connectivity index (χ1n) is 11.0. The molecule has 0 bridgehead atoms. The molecule has 0 amide bonds. The lowest BCUT2D eigenvalue weighted by Gasteiger charge is -2.15. The van der Waals surface area contributed by atoms with Crippen molar-refractivity contribution >= 4 is 46.8 Å². The Morgan fingerprint density at radius 3 is 2.09 bits per heavy atom. The molecule has 4 N–H and O–H groups in total. The van der Waals surface area contributed by atoms with Crippen LogP contribution in [0.1, 0.15) is 5.56 Å². The molecule has 1 atom stereocenters. The van der Waals surface area contributed by atoms with Crippen LogP contribution in [0.4, 0.5) is 17.1 Å². The van der Waals surface area contributed by atoms with Crippen LogP contribution < -0.4 is 25.6 Å². The number of hydrogen-bond donors (Lipinski definition) is 4. The number of benzene rings is 3. The molecule has 0 saturated heterocycles. The molecule has 0 spiro atoms. The Morgan fingerprint density at radius 2 is 1.50 bits per heavy atom. The van der Waals surface area contributed by atoms with Crippen LogP contribution in [0.5, 0.6) is 5.75 Å². The van der Waals surface area contributed by atoms with Gasteiger partial charge in [-0.1, -0.05) is 30.3 Å². The largest absolute Gasteiger partial charge is 0.491 e. The van der Waals surface area contributed by atoms with E-state index in [1.165, 1.54) is 5.56 Å². The maximum Gasteiger partial charge on any atom is 0.175 e. The van der Waals surface area contributed by atoms with Gasteiger partial charge in [0.25, 0.3) is 0 Å². The third kappa shape index (κ3) is 9.57. The number of aliphatic hydroxyl groups excluding tert-OH is 1. The number of aliphatic hydroxyl groups is 1. The SMILES string of the molecule is CN(C)c1ccc(NC(=S)Nc2ccc(CCNC[C@H](O)COc3ccccc3)cc2)cc1.Cl. The van der Waals surface area contributed by atoms with Crippen molar-refractivity contribution < 1.29 is 9.84 Å². The number of anilines is 3. The molecule has 0 aliphatic heterocycles. The number of rotatable bonds is 11. The van der Waals surface area contributed by atoms with Gasteiger partial charge in [-0.25, -0.2) is 0 Å². The van der Waals surface area contributed by atoms with E-state index in [9.17, 15) is 5.11 Å². The van der Waals surface area contributed by atoms with Crippen molar-refractivity contribution in [3.63, 3.8) is 0 Å². The van der Waals surface area contributed by atoms with Gasteiger partial charge >= 0.3 is 0 Å². The first kappa shape index (κ1) is 27.4. The van der Waals surface area contributed by atoms with Crippen molar-refractivity contribution in [1.82, 2.24) is 5.32 Å². The van der Waals surface area contributed by atoms with E-state index in [2.05, 4.69) is 33.0 Å². The molecule has 0 fully saturated rings. The van der Waals surface area contributed by atoms with Gasteiger partial charge in [-0.3, -0.25) is 0 Å². The second-order valence-electron chi connectivity index (χ2n) is 7.95. The summed E-state index contributed by atoms with van der Waals surface area (Å²) >= 11 is 5.42. The third-order valence-electron chi connectivity index (χ3n) is 5.01. The Balaban J connectivity index is 0.00000408. The van der Waals surface area contributed by atoms with Gasteiger partial charge in [-0.2, -0.15) is 0 Å². The summed E-state index contributed by atoms with van der Waals surface area (Å²) < 4.78 is 5.57. The summed E-state index contributed by atoms with van der Waals surface area (Å²) in [6, 6.07) is 25.8. The maximum atomic E-state index is 10.1. The summed E-state index contributed by atoms with van der Waals surface area (Å²) in [4.78, 5) is 2.06. The van der Waals surface area contributed by atoms with Gasteiger partial charge in [0.05, 0.1) is 0 Å². The molecular weight excluding hydrogens is 468 g/mol. The fourth-order valence-electron chi connectivity index (χ4n) is 3.16. The van der Waals surface area contributed by atoms with Crippen molar-refractivity contribution in [2.24, 2.45) is 0 Å². The van der Waals surface area contributed by atoms with Crippen LogP contribution in [0.3, 0.4) is 0 Å².